The van der Waals surface area contributed by atoms with E-state index in [1.807, 2.05) is 95.4 Å². The lowest BCUT2D eigenvalue weighted by Gasteiger charge is -2.10. The number of hydrogen-bond donors (Lipinski definition) is 1. The summed E-state index contributed by atoms with van der Waals surface area (Å²) in [7, 11) is 0. The Labute approximate surface area is 168 Å². The summed E-state index contributed by atoms with van der Waals surface area (Å²) in [6.07, 6.45) is 1.63. The van der Waals surface area contributed by atoms with Gasteiger partial charge < -0.3 is 5.32 Å². The minimum atomic E-state index is -0.134. The topological polar surface area (TPSA) is 44.7 Å². The highest BCUT2D eigenvalue weighted by Gasteiger charge is 2.25. The molecule has 0 spiro atoms. The van der Waals surface area contributed by atoms with Gasteiger partial charge in [-0.2, -0.15) is 5.10 Å². The third kappa shape index (κ3) is 4.32. The Bertz CT molecular complexity index is 1000. The number of benzene rings is 3. The second-order valence-electron chi connectivity index (χ2n) is 6.23. The number of hydrogen-bond acceptors (Lipinski definition) is 4. The summed E-state index contributed by atoms with van der Waals surface area (Å²) in [4.78, 5) is 13.3. The number of nitrogens with one attached hydrogen (secondary N) is 1. The van der Waals surface area contributed by atoms with Crippen molar-refractivity contribution in [3.63, 3.8) is 0 Å². The van der Waals surface area contributed by atoms with Gasteiger partial charge in [0.1, 0.15) is 5.71 Å². The van der Waals surface area contributed by atoms with Crippen LogP contribution in [0.5, 0.6) is 0 Å². The van der Waals surface area contributed by atoms with E-state index in [0.717, 1.165) is 27.4 Å². The number of nitrogens with zero attached hydrogens (tertiary/aromatic N) is 2. The van der Waals surface area contributed by atoms with Gasteiger partial charge in [-0.05, 0) is 17.7 Å². The lowest BCUT2D eigenvalue weighted by Crippen LogP contribution is -2.21. The van der Waals surface area contributed by atoms with E-state index in [-0.39, 0.29) is 5.91 Å². The molecular formula is C23H19N3OS. The number of para-hydroxylation sites is 1. The number of anilines is 1. The fraction of sp³-hybridized carbons (Fsp3) is 0.0435. The van der Waals surface area contributed by atoms with Crippen LogP contribution in [-0.2, 0) is 11.3 Å². The molecule has 0 aliphatic carbocycles. The maximum Gasteiger partial charge on any atom is 0.245 e. The Hall–Kier alpha value is -3.31. The highest BCUT2D eigenvalue weighted by atomic mass is 32.2. The van der Waals surface area contributed by atoms with Crippen LogP contribution >= 0.6 is 11.9 Å². The van der Waals surface area contributed by atoms with E-state index in [0.29, 0.717) is 6.54 Å². The van der Waals surface area contributed by atoms with Gasteiger partial charge in [-0.15, -0.1) is 0 Å². The maximum absolute atomic E-state index is 12.5. The highest BCUT2D eigenvalue weighted by molar-refractivity contribution is 8.05. The number of carbonyl (C=O) groups excluding carboxylic acids is 1. The first kappa shape index (κ1) is 18.1. The summed E-state index contributed by atoms with van der Waals surface area (Å²) in [6, 6.07) is 29.7. The Morgan fingerprint density at radius 2 is 1.50 bits per heavy atom. The van der Waals surface area contributed by atoms with Crippen LogP contribution in [-0.4, -0.2) is 11.6 Å². The van der Waals surface area contributed by atoms with Crippen LogP contribution in [0.3, 0.4) is 0 Å². The molecule has 1 aliphatic heterocycles. The van der Waals surface area contributed by atoms with Crippen molar-refractivity contribution in [2.24, 2.45) is 5.10 Å². The molecule has 0 unspecified atom stereocenters. The first-order chi connectivity index (χ1) is 13.8. The average Bonchev–Trinajstić information content (AvgIpc) is 3.18. The zero-order valence-electron chi connectivity index (χ0n) is 15.2. The predicted molar refractivity (Wildman–Crippen MR) is 116 cm³/mol. The molecule has 138 valence electrons. The summed E-state index contributed by atoms with van der Waals surface area (Å²) in [6.45, 7) is 0.494. The molecule has 0 aromatic heterocycles. The minimum absolute atomic E-state index is 0.134. The lowest BCUT2D eigenvalue weighted by molar-refractivity contribution is -0.116. The van der Waals surface area contributed by atoms with Gasteiger partial charge >= 0.3 is 0 Å². The Balaban J connectivity index is 1.56. The largest absolute Gasteiger partial charge is 0.348 e. The highest BCUT2D eigenvalue weighted by Crippen LogP contribution is 2.36. The number of rotatable bonds is 5. The van der Waals surface area contributed by atoms with Gasteiger partial charge in [0.05, 0.1) is 10.6 Å². The Morgan fingerprint density at radius 1 is 0.893 bits per heavy atom. The van der Waals surface area contributed by atoms with Crippen LogP contribution in [0, 0.1) is 0 Å². The molecule has 1 N–H and O–H groups in total. The van der Waals surface area contributed by atoms with Gasteiger partial charge in [0.25, 0.3) is 0 Å². The quantitative estimate of drug-likeness (QED) is 0.509. The standard InChI is InChI=1S/C23H19N3OS/c27-22(24-17-18-10-4-1-5-11-18)16-21-23(19-12-6-2-7-13-19)25-26(28-21)20-14-8-3-9-15-20/h1-16H,17H2,(H,24,27)/b21-16-. The summed E-state index contributed by atoms with van der Waals surface area (Å²) in [5.41, 5.74) is 3.81. The molecule has 0 atom stereocenters. The Morgan fingerprint density at radius 3 is 2.18 bits per heavy atom. The summed E-state index contributed by atoms with van der Waals surface area (Å²) < 4.78 is 1.85. The van der Waals surface area contributed by atoms with Crippen LogP contribution in [0.4, 0.5) is 5.69 Å². The van der Waals surface area contributed by atoms with E-state index in [9.17, 15) is 4.79 Å². The molecule has 0 bridgehead atoms. The van der Waals surface area contributed by atoms with Gasteiger partial charge in [0, 0.05) is 30.1 Å². The number of carbonyl (C=O) groups is 1. The van der Waals surface area contributed by atoms with Crippen molar-refractivity contribution in [2.75, 3.05) is 4.41 Å². The van der Waals surface area contributed by atoms with Crippen molar-refractivity contribution in [3.05, 3.63) is 113 Å². The normalized spacial score (nSPS) is 14.8. The molecule has 0 saturated carbocycles. The van der Waals surface area contributed by atoms with Gasteiger partial charge in [0.2, 0.25) is 5.91 Å². The van der Waals surface area contributed by atoms with Gasteiger partial charge in [-0.25, -0.2) is 4.41 Å². The number of hydrazone groups is 1. The van der Waals surface area contributed by atoms with E-state index in [2.05, 4.69) is 5.32 Å². The molecule has 0 saturated heterocycles. The van der Waals surface area contributed by atoms with Crippen LogP contribution in [0.2, 0.25) is 0 Å². The minimum Gasteiger partial charge on any atom is -0.348 e. The summed E-state index contributed by atoms with van der Waals surface area (Å²) >= 11 is 1.45. The van der Waals surface area contributed by atoms with Crippen molar-refractivity contribution in [3.8, 4) is 0 Å². The van der Waals surface area contributed by atoms with Crippen LogP contribution in [0.1, 0.15) is 11.1 Å². The molecule has 3 aromatic rings. The molecule has 1 amide bonds. The lowest BCUT2D eigenvalue weighted by atomic mass is 10.1. The molecule has 1 heterocycles. The maximum atomic E-state index is 12.5. The van der Waals surface area contributed by atoms with Crippen LogP contribution in [0.25, 0.3) is 0 Å². The van der Waals surface area contributed by atoms with E-state index >= 15 is 0 Å². The second-order valence-corrected chi connectivity index (χ2v) is 7.19. The predicted octanol–water partition coefficient (Wildman–Crippen LogP) is 4.76. The summed E-state index contributed by atoms with van der Waals surface area (Å²) in [5.74, 6) is -0.134. The second kappa shape index (κ2) is 8.59. The smallest absolute Gasteiger partial charge is 0.245 e. The van der Waals surface area contributed by atoms with Gasteiger partial charge in [-0.1, -0.05) is 78.9 Å². The SMILES string of the molecule is O=C(/C=C1\SN(c2ccccc2)N=C1c1ccccc1)NCc1ccccc1. The number of amides is 1. The molecular weight excluding hydrogens is 366 g/mol. The van der Waals surface area contributed by atoms with E-state index in [1.165, 1.54) is 11.9 Å². The monoisotopic (exact) mass is 385 g/mol. The molecule has 5 heteroatoms. The molecule has 0 fully saturated rings. The van der Waals surface area contributed by atoms with Crippen molar-refractivity contribution < 1.29 is 4.79 Å². The van der Waals surface area contributed by atoms with Crippen molar-refractivity contribution in [1.29, 1.82) is 0 Å². The summed E-state index contributed by atoms with van der Waals surface area (Å²) in [5, 5.41) is 7.70. The van der Waals surface area contributed by atoms with Crippen molar-refractivity contribution in [2.45, 2.75) is 6.54 Å². The fourth-order valence-electron chi connectivity index (χ4n) is 2.81. The van der Waals surface area contributed by atoms with Crippen molar-refractivity contribution in [1.82, 2.24) is 5.32 Å². The third-order valence-electron chi connectivity index (χ3n) is 4.21. The molecule has 28 heavy (non-hydrogen) atoms. The Kier molecular flexibility index (Phi) is 5.54. The van der Waals surface area contributed by atoms with Gasteiger partial charge in [-0.3, -0.25) is 4.79 Å². The molecule has 0 radical (unpaired) electrons. The van der Waals surface area contributed by atoms with E-state index in [4.69, 9.17) is 5.10 Å². The first-order valence-electron chi connectivity index (χ1n) is 9.00. The molecule has 4 nitrogen and oxygen atoms in total. The first-order valence-corrected chi connectivity index (χ1v) is 9.78. The van der Waals surface area contributed by atoms with E-state index in [1.54, 1.807) is 6.08 Å². The number of allylic oxidation sites excluding steroid dienone is 1. The van der Waals surface area contributed by atoms with E-state index < -0.39 is 0 Å². The molecule has 4 rings (SSSR count). The van der Waals surface area contributed by atoms with Crippen LogP contribution in [0.15, 0.2) is 107 Å². The van der Waals surface area contributed by atoms with Gasteiger partial charge in [0.15, 0.2) is 0 Å². The zero-order chi connectivity index (χ0) is 19.2. The third-order valence-corrected chi connectivity index (χ3v) is 5.18. The zero-order valence-corrected chi connectivity index (χ0v) is 16.0. The average molecular weight is 385 g/mol. The van der Waals surface area contributed by atoms with Crippen molar-refractivity contribution >= 4 is 29.3 Å². The van der Waals surface area contributed by atoms with Crippen LogP contribution < -0.4 is 9.73 Å². The molecule has 3 aromatic carbocycles. The molecule has 1 aliphatic rings. The fourth-order valence-corrected chi connectivity index (χ4v) is 3.75.